The van der Waals surface area contributed by atoms with Crippen molar-refractivity contribution in [1.82, 2.24) is 0 Å². The maximum Gasteiger partial charge on any atom is 0.0178 e. The minimum atomic E-state index is 1.09. The van der Waals surface area contributed by atoms with Gasteiger partial charge in [0.15, 0.2) is 0 Å². The molecule has 3 rings (SSSR count). The lowest BCUT2D eigenvalue weighted by atomic mass is 9.99. The molecule has 2 aromatic carbocycles. The van der Waals surface area contributed by atoms with E-state index in [1.165, 1.54) is 103 Å². The van der Waals surface area contributed by atoms with Crippen LogP contribution in [0.15, 0.2) is 40.9 Å². The topological polar surface area (TPSA) is 0 Å². The molecule has 0 spiro atoms. The Hall–Kier alpha value is -1.08. The largest absolute Gasteiger partial charge is 0.0654 e. The summed E-state index contributed by atoms with van der Waals surface area (Å²) in [5.41, 5.74) is 7.37. The Kier molecular flexibility index (Phi) is 7.80. The number of fused-ring (bicyclic) bond motifs is 3. The minimum Gasteiger partial charge on any atom is -0.0654 e. The van der Waals surface area contributed by atoms with Gasteiger partial charge in [-0.3, -0.25) is 0 Å². The van der Waals surface area contributed by atoms with Gasteiger partial charge in [-0.2, -0.15) is 0 Å². The number of hydrogen-bond donors (Lipinski definition) is 0. The molecule has 0 bridgehead atoms. The van der Waals surface area contributed by atoms with Crippen molar-refractivity contribution in [3.8, 4) is 11.1 Å². The normalized spacial score (nSPS) is 12.2. The molecule has 0 saturated carbocycles. The predicted octanol–water partition coefficient (Wildman–Crippen LogP) is 8.48. The minimum absolute atomic E-state index is 1.09. The maximum absolute atomic E-state index is 3.60. The van der Waals surface area contributed by atoms with Crippen molar-refractivity contribution in [2.75, 3.05) is 0 Å². The lowest BCUT2D eigenvalue weighted by Crippen LogP contribution is -1.89. The first-order valence-electron chi connectivity index (χ1n) is 10.7. The second kappa shape index (κ2) is 10.3. The summed E-state index contributed by atoms with van der Waals surface area (Å²) in [6, 6.07) is 13.8. The molecule has 0 heterocycles. The Morgan fingerprint density at radius 1 is 0.692 bits per heavy atom. The van der Waals surface area contributed by atoms with Crippen LogP contribution < -0.4 is 0 Å². The molecule has 0 fully saturated rings. The average Bonchev–Trinajstić information content (AvgIpc) is 2.99. The van der Waals surface area contributed by atoms with Crippen LogP contribution in [0.2, 0.25) is 0 Å². The van der Waals surface area contributed by atoms with Crippen LogP contribution in [0.25, 0.3) is 11.1 Å². The Morgan fingerprint density at radius 3 is 1.96 bits per heavy atom. The second-order valence-corrected chi connectivity index (χ2v) is 8.82. The van der Waals surface area contributed by atoms with Crippen molar-refractivity contribution >= 4 is 15.9 Å². The van der Waals surface area contributed by atoms with Gasteiger partial charge >= 0.3 is 0 Å². The van der Waals surface area contributed by atoms with Gasteiger partial charge in [-0.1, -0.05) is 105 Å². The summed E-state index contributed by atoms with van der Waals surface area (Å²) in [7, 11) is 0. The van der Waals surface area contributed by atoms with Crippen molar-refractivity contribution in [3.63, 3.8) is 0 Å². The van der Waals surface area contributed by atoms with E-state index in [-0.39, 0.29) is 0 Å². The van der Waals surface area contributed by atoms with Crippen LogP contribution in [-0.4, -0.2) is 0 Å². The zero-order chi connectivity index (χ0) is 18.2. The Labute approximate surface area is 168 Å². The molecule has 0 nitrogen and oxygen atoms in total. The molecule has 0 N–H and O–H groups in total. The first-order chi connectivity index (χ1) is 12.8. The third-order valence-corrected chi connectivity index (χ3v) is 6.22. The molecule has 0 unspecified atom stereocenters. The first-order valence-corrected chi connectivity index (χ1v) is 11.5. The van der Waals surface area contributed by atoms with Crippen LogP contribution in [0.5, 0.6) is 0 Å². The fourth-order valence-corrected chi connectivity index (χ4v) is 4.61. The number of benzene rings is 2. The van der Waals surface area contributed by atoms with Crippen LogP contribution in [0.4, 0.5) is 0 Å². The van der Waals surface area contributed by atoms with Crippen LogP contribution in [0, 0.1) is 0 Å². The van der Waals surface area contributed by atoms with Gasteiger partial charge in [0.05, 0.1) is 0 Å². The number of aryl methyl sites for hydroxylation is 1. The second-order valence-electron chi connectivity index (χ2n) is 7.90. The molecule has 1 heteroatoms. The van der Waals surface area contributed by atoms with E-state index in [1.807, 2.05) is 0 Å². The Morgan fingerprint density at radius 2 is 1.27 bits per heavy atom. The van der Waals surface area contributed by atoms with Gasteiger partial charge in [-0.05, 0) is 59.2 Å². The lowest BCUT2D eigenvalue weighted by molar-refractivity contribution is 0.556. The fourth-order valence-electron chi connectivity index (χ4n) is 4.20. The van der Waals surface area contributed by atoms with Crippen LogP contribution >= 0.6 is 15.9 Å². The summed E-state index contributed by atoms with van der Waals surface area (Å²) in [6.45, 7) is 2.29. The highest BCUT2D eigenvalue weighted by atomic mass is 79.9. The highest BCUT2D eigenvalue weighted by molar-refractivity contribution is 9.10. The Balaban J connectivity index is 1.36. The van der Waals surface area contributed by atoms with Gasteiger partial charge in [-0.15, -0.1) is 0 Å². The van der Waals surface area contributed by atoms with Gasteiger partial charge in [-0.25, -0.2) is 0 Å². The number of halogens is 1. The van der Waals surface area contributed by atoms with E-state index in [2.05, 4.69) is 59.3 Å². The molecular weight excluding hydrogens is 380 g/mol. The molecule has 140 valence electrons. The molecule has 0 radical (unpaired) electrons. The molecule has 2 aromatic rings. The van der Waals surface area contributed by atoms with Crippen molar-refractivity contribution < 1.29 is 0 Å². The zero-order valence-electron chi connectivity index (χ0n) is 16.3. The van der Waals surface area contributed by atoms with Gasteiger partial charge in [0.1, 0.15) is 0 Å². The Bertz CT molecular complexity index is 701. The van der Waals surface area contributed by atoms with Crippen molar-refractivity contribution in [2.24, 2.45) is 0 Å². The monoisotopic (exact) mass is 412 g/mol. The van der Waals surface area contributed by atoms with Gasteiger partial charge in [0.25, 0.3) is 0 Å². The molecule has 1 aliphatic rings. The number of rotatable bonds is 11. The van der Waals surface area contributed by atoms with E-state index < -0.39 is 0 Å². The van der Waals surface area contributed by atoms with E-state index in [1.54, 1.807) is 0 Å². The van der Waals surface area contributed by atoms with Crippen molar-refractivity contribution in [2.45, 2.75) is 84.0 Å². The van der Waals surface area contributed by atoms with E-state index >= 15 is 0 Å². The highest BCUT2D eigenvalue weighted by Gasteiger charge is 2.18. The van der Waals surface area contributed by atoms with Crippen LogP contribution in [-0.2, 0) is 12.8 Å². The summed E-state index contributed by atoms with van der Waals surface area (Å²) in [6.07, 6.45) is 16.5. The molecule has 1 aliphatic carbocycles. The molecule has 0 aliphatic heterocycles. The highest BCUT2D eigenvalue weighted by Crippen LogP contribution is 2.38. The van der Waals surface area contributed by atoms with Gasteiger partial charge in [0.2, 0.25) is 0 Å². The molecule has 0 atom stereocenters. The first kappa shape index (κ1) is 19.7. The molecule has 0 saturated heterocycles. The zero-order valence-corrected chi connectivity index (χ0v) is 17.9. The molecule has 26 heavy (non-hydrogen) atoms. The van der Waals surface area contributed by atoms with Crippen LogP contribution in [0.3, 0.4) is 0 Å². The third-order valence-electron chi connectivity index (χ3n) is 5.73. The summed E-state index contributed by atoms with van der Waals surface area (Å²) >= 11 is 3.60. The summed E-state index contributed by atoms with van der Waals surface area (Å²) < 4.78 is 1.19. The summed E-state index contributed by atoms with van der Waals surface area (Å²) in [5, 5.41) is 0. The maximum atomic E-state index is 3.60. The van der Waals surface area contributed by atoms with Crippen molar-refractivity contribution in [1.29, 1.82) is 0 Å². The van der Waals surface area contributed by atoms with E-state index in [4.69, 9.17) is 0 Å². The molecule has 0 amide bonds. The number of hydrogen-bond acceptors (Lipinski definition) is 0. The van der Waals surface area contributed by atoms with E-state index in [0.717, 1.165) is 6.42 Å². The SMILES string of the molecule is CCCCCCCCCCCCc1ccc2c(c1)Cc1cc(Br)ccc1-2. The quantitative estimate of drug-likeness (QED) is 0.277. The van der Waals surface area contributed by atoms with Crippen molar-refractivity contribution in [3.05, 3.63) is 57.6 Å². The predicted molar refractivity (Wildman–Crippen MR) is 118 cm³/mol. The smallest absolute Gasteiger partial charge is 0.0178 e. The summed E-state index contributed by atoms with van der Waals surface area (Å²) in [4.78, 5) is 0. The van der Waals surface area contributed by atoms with E-state index in [9.17, 15) is 0 Å². The molecular formula is C25H33Br. The fraction of sp³-hybridized carbons (Fsp3) is 0.520. The van der Waals surface area contributed by atoms with Crippen LogP contribution in [0.1, 0.15) is 87.8 Å². The third kappa shape index (κ3) is 5.46. The van der Waals surface area contributed by atoms with Gasteiger partial charge in [0, 0.05) is 4.47 Å². The average molecular weight is 413 g/mol. The summed E-state index contributed by atoms with van der Waals surface area (Å²) in [5.74, 6) is 0. The standard InChI is InChI=1S/C25H33Br/c1-2-3-4-5-6-7-8-9-10-11-12-20-13-15-24-21(17-20)18-22-19-23(26)14-16-25(22)24/h13-17,19H,2-12,18H2,1H3. The lowest BCUT2D eigenvalue weighted by Gasteiger charge is -2.06. The van der Waals surface area contributed by atoms with Gasteiger partial charge < -0.3 is 0 Å². The molecule has 0 aromatic heterocycles. The van der Waals surface area contributed by atoms with E-state index in [0.29, 0.717) is 0 Å². The number of unbranched alkanes of at least 4 members (excludes halogenated alkanes) is 9.